The maximum Gasteiger partial charge on any atom is 0.166 e. The Labute approximate surface area is 132 Å². The first-order chi connectivity index (χ1) is 10.1. The van der Waals surface area contributed by atoms with Gasteiger partial charge in [0.15, 0.2) is 5.78 Å². The maximum absolute atomic E-state index is 12.9. The van der Waals surface area contributed by atoms with Crippen molar-refractivity contribution in [1.82, 2.24) is 0 Å². The van der Waals surface area contributed by atoms with E-state index in [1.165, 1.54) is 12.1 Å². The molecule has 0 radical (unpaired) electrons. The van der Waals surface area contributed by atoms with E-state index in [0.29, 0.717) is 5.56 Å². The average Bonchev–Trinajstić information content (AvgIpc) is 2.94. The van der Waals surface area contributed by atoms with Crippen LogP contribution in [0, 0.1) is 11.7 Å². The molecule has 0 aliphatic carbocycles. The summed E-state index contributed by atoms with van der Waals surface area (Å²) in [6.07, 6.45) is 1.65. The number of thiophene rings is 1. The molecule has 2 heterocycles. The number of carbonyl (C=O) groups excluding carboxylic acids is 1. The SMILES string of the molecule is O=C(c1ccc(F)cc1)C1CCN(c2ccc(Cl)s2)CC1. The molecule has 1 aromatic heterocycles. The molecule has 21 heavy (non-hydrogen) atoms. The van der Waals surface area contributed by atoms with Gasteiger partial charge in [-0.2, -0.15) is 0 Å². The van der Waals surface area contributed by atoms with Gasteiger partial charge < -0.3 is 4.90 Å². The van der Waals surface area contributed by atoms with Crippen LogP contribution in [0.3, 0.4) is 0 Å². The first kappa shape index (κ1) is 14.5. The largest absolute Gasteiger partial charge is 0.363 e. The molecule has 0 spiro atoms. The van der Waals surface area contributed by atoms with Crippen LogP contribution in [0.4, 0.5) is 9.39 Å². The number of carbonyl (C=O) groups is 1. The van der Waals surface area contributed by atoms with Crippen LogP contribution < -0.4 is 4.90 Å². The van der Waals surface area contributed by atoms with Crippen LogP contribution in [0.1, 0.15) is 23.2 Å². The summed E-state index contributed by atoms with van der Waals surface area (Å²) < 4.78 is 13.7. The van der Waals surface area contributed by atoms with E-state index in [1.54, 1.807) is 23.5 Å². The number of Topliss-reactive ketones (excluding diaryl/α,β-unsaturated/α-hetero) is 1. The van der Waals surface area contributed by atoms with E-state index in [-0.39, 0.29) is 17.5 Å². The van der Waals surface area contributed by atoms with Crippen LogP contribution in [0.15, 0.2) is 36.4 Å². The van der Waals surface area contributed by atoms with E-state index >= 15 is 0 Å². The van der Waals surface area contributed by atoms with E-state index < -0.39 is 0 Å². The molecule has 1 saturated heterocycles. The van der Waals surface area contributed by atoms with E-state index in [2.05, 4.69) is 4.90 Å². The Bertz CT molecular complexity index is 632. The zero-order chi connectivity index (χ0) is 14.8. The van der Waals surface area contributed by atoms with Gasteiger partial charge >= 0.3 is 0 Å². The first-order valence-corrected chi connectivity index (χ1v) is 8.13. The summed E-state index contributed by atoms with van der Waals surface area (Å²) in [6.45, 7) is 1.71. The lowest BCUT2D eigenvalue weighted by Crippen LogP contribution is -2.35. The Hall–Kier alpha value is -1.39. The molecule has 0 unspecified atom stereocenters. The number of rotatable bonds is 3. The Kier molecular flexibility index (Phi) is 4.27. The molecule has 0 saturated carbocycles. The first-order valence-electron chi connectivity index (χ1n) is 6.93. The average molecular weight is 324 g/mol. The molecule has 1 aliphatic heterocycles. The van der Waals surface area contributed by atoms with Gasteiger partial charge in [-0.3, -0.25) is 4.79 Å². The second-order valence-corrected chi connectivity index (χ2v) is 6.90. The number of benzene rings is 1. The van der Waals surface area contributed by atoms with Crippen molar-refractivity contribution in [2.24, 2.45) is 5.92 Å². The molecule has 0 atom stereocenters. The van der Waals surface area contributed by atoms with Crippen LogP contribution in [0.2, 0.25) is 4.34 Å². The van der Waals surface area contributed by atoms with Gasteiger partial charge in [-0.15, -0.1) is 11.3 Å². The molecule has 0 amide bonds. The fraction of sp³-hybridized carbons (Fsp3) is 0.312. The third-order valence-corrected chi connectivity index (χ3v) is 5.16. The van der Waals surface area contributed by atoms with Gasteiger partial charge in [0.05, 0.1) is 9.34 Å². The number of nitrogens with zero attached hydrogens (tertiary/aromatic N) is 1. The van der Waals surface area contributed by atoms with Gasteiger partial charge in [-0.05, 0) is 49.2 Å². The zero-order valence-electron chi connectivity index (χ0n) is 11.4. The van der Waals surface area contributed by atoms with Crippen molar-refractivity contribution in [2.45, 2.75) is 12.8 Å². The highest BCUT2D eigenvalue weighted by Gasteiger charge is 2.26. The highest BCUT2D eigenvalue weighted by Crippen LogP contribution is 2.33. The molecule has 2 nitrogen and oxygen atoms in total. The maximum atomic E-state index is 12.9. The summed E-state index contributed by atoms with van der Waals surface area (Å²) in [5.74, 6) is -0.156. The van der Waals surface area contributed by atoms with Crippen molar-refractivity contribution < 1.29 is 9.18 Å². The fourth-order valence-corrected chi connectivity index (χ4v) is 3.77. The van der Waals surface area contributed by atoms with Crippen molar-refractivity contribution in [1.29, 1.82) is 0 Å². The van der Waals surface area contributed by atoms with Gasteiger partial charge in [0.1, 0.15) is 5.82 Å². The second-order valence-electron chi connectivity index (χ2n) is 5.21. The number of anilines is 1. The van der Waals surface area contributed by atoms with Crippen molar-refractivity contribution >= 4 is 33.7 Å². The van der Waals surface area contributed by atoms with Crippen LogP contribution in [-0.4, -0.2) is 18.9 Å². The van der Waals surface area contributed by atoms with E-state index in [1.807, 2.05) is 12.1 Å². The van der Waals surface area contributed by atoms with Crippen LogP contribution in [0.5, 0.6) is 0 Å². The number of hydrogen-bond donors (Lipinski definition) is 0. The monoisotopic (exact) mass is 323 g/mol. The van der Waals surface area contributed by atoms with Gasteiger partial charge in [-0.1, -0.05) is 11.6 Å². The van der Waals surface area contributed by atoms with E-state index in [0.717, 1.165) is 35.3 Å². The van der Waals surface area contributed by atoms with Crippen LogP contribution in [0.25, 0.3) is 0 Å². The topological polar surface area (TPSA) is 20.3 Å². The van der Waals surface area contributed by atoms with E-state index in [4.69, 9.17) is 11.6 Å². The predicted octanol–water partition coefficient (Wildman–Crippen LogP) is 4.64. The molecular weight excluding hydrogens is 309 g/mol. The molecular formula is C16H15ClFNOS. The summed E-state index contributed by atoms with van der Waals surface area (Å²) in [5.41, 5.74) is 0.606. The standard InChI is InChI=1S/C16H15ClFNOS/c17-14-5-6-15(21-14)19-9-7-12(8-10-19)16(20)11-1-3-13(18)4-2-11/h1-6,12H,7-10H2. The molecule has 0 bridgehead atoms. The molecule has 3 rings (SSSR count). The lowest BCUT2D eigenvalue weighted by molar-refractivity contribution is 0.0900. The molecule has 110 valence electrons. The minimum Gasteiger partial charge on any atom is -0.363 e. The van der Waals surface area contributed by atoms with Crippen molar-refractivity contribution in [3.8, 4) is 0 Å². The molecule has 1 fully saturated rings. The number of ketones is 1. The van der Waals surface area contributed by atoms with Gasteiger partial charge in [0, 0.05) is 24.6 Å². The minimum atomic E-state index is -0.309. The number of halogens is 2. The fourth-order valence-electron chi connectivity index (χ4n) is 2.69. The zero-order valence-corrected chi connectivity index (χ0v) is 13.0. The van der Waals surface area contributed by atoms with Gasteiger partial charge in [0.25, 0.3) is 0 Å². The smallest absolute Gasteiger partial charge is 0.166 e. The molecule has 1 aliphatic rings. The second kappa shape index (κ2) is 6.16. The summed E-state index contributed by atoms with van der Waals surface area (Å²) in [4.78, 5) is 14.7. The number of piperidine rings is 1. The lowest BCUT2D eigenvalue weighted by atomic mass is 9.89. The molecule has 5 heteroatoms. The molecule has 2 aromatic rings. The van der Waals surface area contributed by atoms with Crippen LogP contribution >= 0.6 is 22.9 Å². The Morgan fingerprint density at radius 2 is 1.81 bits per heavy atom. The third kappa shape index (κ3) is 3.27. The molecule has 1 aromatic carbocycles. The Morgan fingerprint density at radius 1 is 1.14 bits per heavy atom. The predicted molar refractivity (Wildman–Crippen MR) is 85.0 cm³/mol. The summed E-state index contributed by atoms with van der Waals surface area (Å²) in [5, 5.41) is 1.16. The summed E-state index contributed by atoms with van der Waals surface area (Å²) >= 11 is 7.53. The molecule has 0 N–H and O–H groups in total. The normalized spacial score (nSPS) is 16.2. The van der Waals surface area contributed by atoms with Crippen LogP contribution in [-0.2, 0) is 0 Å². The Balaban J connectivity index is 1.63. The van der Waals surface area contributed by atoms with Crippen molar-refractivity contribution in [3.05, 3.63) is 52.1 Å². The summed E-state index contributed by atoms with van der Waals surface area (Å²) in [7, 11) is 0. The van der Waals surface area contributed by atoms with E-state index in [9.17, 15) is 9.18 Å². The minimum absolute atomic E-state index is 0.0298. The highest BCUT2D eigenvalue weighted by molar-refractivity contribution is 7.19. The Morgan fingerprint density at radius 3 is 2.38 bits per heavy atom. The van der Waals surface area contributed by atoms with Gasteiger partial charge in [-0.25, -0.2) is 4.39 Å². The van der Waals surface area contributed by atoms with Crippen molar-refractivity contribution in [2.75, 3.05) is 18.0 Å². The van der Waals surface area contributed by atoms with Crippen molar-refractivity contribution in [3.63, 3.8) is 0 Å². The lowest BCUT2D eigenvalue weighted by Gasteiger charge is -2.31. The highest BCUT2D eigenvalue weighted by atomic mass is 35.5. The number of hydrogen-bond acceptors (Lipinski definition) is 3. The third-order valence-electron chi connectivity index (χ3n) is 3.87. The van der Waals surface area contributed by atoms with Gasteiger partial charge in [0.2, 0.25) is 0 Å². The quantitative estimate of drug-likeness (QED) is 0.767. The summed E-state index contributed by atoms with van der Waals surface area (Å²) in [6, 6.07) is 9.75.